The van der Waals surface area contributed by atoms with Crippen LogP contribution in [0.15, 0.2) is 33.7 Å². The molecule has 0 spiro atoms. The molecule has 3 nitrogen and oxygen atoms in total. The van der Waals surface area contributed by atoms with Crippen LogP contribution in [-0.2, 0) is 0 Å². The highest BCUT2D eigenvalue weighted by molar-refractivity contribution is 9.10. The van der Waals surface area contributed by atoms with E-state index < -0.39 is 0 Å². The quantitative estimate of drug-likeness (QED) is 0.665. The van der Waals surface area contributed by atoms with Crippen LogP contribution in [0.2, 0.25) is 0 Å². The van der Waals surface area contributed by atoms with Crippen molar-refractivity contribution in [2.75, 3.05) is 24.6 Å². The molecular formula is C14H18BrN3S. The zero-order valence-electron chi connectivity index (χ0n) is 10.8. The first-order valence-electron chi connectivity index (χ1n) is 6.66. The minimum Gasteiger partial charge on any atom is -0.370 e. The Morgan fingerprint density at radius 2 is 2.05 bits per heavy atom. The molecule has 1 saturated heterocycles. The van der Waals surface area contributed by atoms with Gasteiger partial charge in [0.15, 0.2) is 5.96 Å². The van der Waals surface area contributed by atoms with Crippen LogP contribution in [0.25, 0.3) is 0 Å². The summed E-state index contributed by atoms with van der Waals surface area (Å²) >= 11 is 5.61. The van der Waals surface area contributed by atoms with Crippen molar-refractivity contribution >= 4 is 33.7 Å². The average Bonchev–Trinajstić information content (AvgIpc) is 3.19. The molecule has 1 aromatic carbocycles. The van der Waals surface area contributed by atoms with Crippen molar-refractivity contribution in [2.45, 2.75) is 18.4 Å². The van der Waals surface area contributed by atoms with Crippen molar-refractivity contribution in [1.82, 2.24) is 4.90 Å². The molecule has 0 amide bonds. The first kappa shape index (κ1) is 13.3. The van der Waals surface area contributed by atoms with Crippen LogP contribution in [0.4, 0.5) is 0 Å². The number of thioether (sulfide) groups is 1. The molecule has 2 atom stereocenters. The number of aliphatic imine (C=N–C) groups is 1. The van der Waals surface area contributed by atoms with Crippen LogP contribution in [0.5, 0.6) is 0 Å². The summed E-state index contributed by atoms with van der Waals surface area (Å²) in [7, 11) is 0. The van der Waals surface area contributed by atoms with Crippen molar-refractivity contribution in [3.63, 3.8) is 0 Å². The second-order valence-electron chi connectivity index (χ2n) is 5.02. The van der Waals surface area contributed by atoms with Gasteiger partial charge in [-0.25, -0.2) is 4.99 Å². The summed E-state index contributed by atoms with van der Waals surface area (Å²) in [6.07, 6.45) is 1.12. The molecule has 1 saturated carbocycles. The van der Waals surface area contributed by atoms with Gasteiger partial charge in [-0.1, -0.05) is 34.1 Å². The molecule has 0 unspecified atom stereocenters. The molecule has 1 aromatic rings. The minimum atomic E-state index is 0.369. The number of halogens is 1. The van der Waals surface area contributed by atoms with Crippen LogP contribution >= 0.6 is 27.7 Å². The molecule has 3 rings (SSSR count). The average molecular weight is 340 g/mol. The Morgan fingerprint density at radius 3 is 2.79 bits per heavy atom. The molecule has 2 N–H and O–H groups in total. The number of hydrogen-bond donors (Lipinski definition) is 1. The summed E-state index contributed by atoms with van der Waals surface area (Å²) < 4.78 is 1.19. The van der Waals surface area contributed by atoms with E-state index in [2.05, 4.69) is 39.0 Å². The molecule has 1 heterocycles. The first-order valence-corrected chi connectivity index (χ1v) is 8.61. The standard InChI is InChI=1S/C14H18BrN3S/c15-12-4-2-1-3-10(12)11-9-13(11)17-14(16)18-5-7-19-8-6-18/h1-4,11,13H,5-9H2,(H2,16,17)/t11-,13+/m0/s1. The number of nitrogens with two attached hydrogens (primary N) is 1. The molecule has 1 aliphatic carbocycles. The summed E-state index contributed by atoms with van der Waals surface area (Å²) in [6, 6.07) is 8.78. The van der Waals surface area contributed by atoms with Gasteiger partial charge in [-0.15, -0.1) is 0 Å². The molecule has 0 aromatic heterocycles. The SMILES string of the molecule is NC(=N[C@@H]1C[C@H]1c1ccccc1Br)N1CCSCC1. The van der Waals surface area contributed by atoms with Gasteiger partial charge in [0.25, 0.3) is 0 Å². The number of guanidine groups is 1. The fourth-order valence-corrected chi connectivity index (χ4v) is 3.96. The Kier molecular flexibility index (Phi) is 4.03. The Hall–Kier alpha value is -0.680. The summed E-state index contributed by atoms with van der Waals surface area (Å²) in [6.45, 7) is 2.07. The lowest BCUT2D eigenvalue weighted by Crippen LogP contribution is -2.42. The fraction of sp³-hybridized carbons (Fsp3) is 0.500. The summed E-state index contributed by atoms with van der Waals surface area (Å²) in [5.41, 5.74) is 7.48. The molecule has 0 radical (unpaired) electrons. The van der Waals surface area contributed by atoms with Crippen molar-refractivity contribution < 1.29 is 0 Å². The number of benzene rings is 1. The highest BCUT2D eigenvalue weighted by Crippen LogP contribution is 2.46. The monoisotopic (exact) mass is 339 g/mol. The fourth-order valence-electron chi connectivity index (χ4n) is 2.48. The molecule has 1 aliphatic heterocycles. The normalized spacial score (nSPS) is 27.4. The van der Waals surface area contributed by atoms with Gasteiger partial charge in [0.2, 0.25) is 0 Å². The second kappa shape index (κ2) is 5.75. The maximum atomic E-state index is 6.12. The van der Waals surface area contributed by atoms with Crippen LogP contribution in [0.3, 0.4) is 0 Å². The third kappa shape index (κ3) is 3.08. The third-order valence-electron chi connectivity index (χ3n) is 3.69. The minimum absolute atomic E-state index is 0.369. The summed E-state index contributed by atoms with van der Waals surface area (Å²) in [4.78, 5) is 6.92. The molecule has 0 bridgehead atoms. The van der Waals surface area contributed by atoms with Gasteiger partial charge in [-0.2, -0.15) is 11.8 Å². The zero-order valence-corrected chi connectivity index (χ0v) is 13.2. The lowest BCUT2D eigenvalue weighted by atomic mass is 10.1. The highest BCUT2D eigenvalue weighted by atomic mass is 79.9. The highest BCUT2D eigenvalue weighted by Gasteiger charge is 2.39. The number of hydrogen-bond acceptors (Lipinski definition) is 2. The second-order valence-corrected chi connectivity index (χ2v) is 7.10. The van der Waals surface area contributed by atoms with E-state index in [1.807, 2.05) is 17.8 Å². The van der Waals surface area contributed by atoms with Gasteiger partial charge in [-0.3, -0.25) is 0 Å². The van der Waals surface area contributed by atoms with Gasteiger partial charge in [0.05, 0.1) is 6.04 Å². The first-order chi connectivity index (χ1) is 9.25. The van der Waals surface area contributed by atoms with Gasteiger partial charge in [-0.05, 0) is 18.1 Å². The Balaban J connectivity index is 1.65. The van der Waals surface area contributed by atoms with Crippen LogP contribution in [-0.4, -0.2) is 41.5 Å². The lowest BCUT2D eigenvalue weighted by molar-refractivity contribution is 0.455. The van der Waals surface area contributed by atoms with Crippen molar-refractivity contribution in [2.24, 2.45) is 10.7 Å². The van der Waals surface area contributed by atoms with E-state index in [1.165, 1.54) is 10.0 Å². The van der Waals surface area contributed by atoms with Gasteiger partial charge in [0.1, 0.15) is 0 Å². The zero-order chi connectivity index (χ0) is 13.2. The summed E-state index contributed by atoms with van der Waals surface area (Å²) in [5, 5.41) is 0. The van der Waals surface area contributed by atoms with Crippen molar-refractivity contribution in [3.8, 4) is 0 Å². The summed E-state index contributed by atoms with van der Waals surface area (Å²) in [5.74, 6) is 3.59. The van der Waals surface area contributed by atoms with E-state index >= 15 is 0 Å². The van der Waals surface area contributed by atoms with Gasteiger partial charge < -0.3 is 10.6 Å². The predicted octanol–water partition coefficient (Wildman–Crippen LogP) is 2.67. The van der Waals surface area contributed by atoms with E-state index in [9.17, 15) is 0 Å². The molecule has 2 aliphatic rings. The molecule has 5 heteroatoms. The molecule has 2 fully saturated rings. The molecular weight excluding hydrogens is 322 g/mol. The maximum absolute atomic E-state index is 6.12. The topological polar surface area (TPSA) is 41.6 Å². The van der Waals surface area contributed by atoms with E-state index in [1.54, 1.807) is 0 Å². The van der Waals surface area contributed by atoms with Crippen LogP contribution in [0.1, 0.15) is 17.9 Å². The smallest absolute Gasteiger partial charge is 0.191 e. The Bertz CT molecular complexity index is 485. The van der Waals surface area contributed by atoms with E-state index in [0.29, 0.717) is 12.0 Å². The van der Waals surface area contributed by atoms with E-state index in [0.717, 1.165) is 37.0 Å². The van der Waals surface area contributed by atoms with E-state index in [-0.39, 0.29) is 0 Å². The van der Waals surface area contributed by atoms with Gasteiger partial charge >= 0.3 is 0 Å². The Morgan fingerprint density at radius 1 is 1.32 bits per heavy atom. The van der Waals surface area contributed by atoms with Crippen LogP contribution in [0, 0.1) is 0 Å². The lowest BCUT2D eigenvalue weighted by Gasteiger charge is -2.27. The number of rotatable bonds is 2. The van der Waals surface area contributed by atoms with Crippen molar-refractivity contribution in [3.05, 3.63) is 34.3 Å². The molecule has 102 valence electrons. The predicted molar refractivity (Wildman–Crippen MR) is 85.8 cm³/mol. The van der Waals surface area contributed by atoms with E-state index in [4.69, 9.17) is 10.7 Å². The third-order valence-corrected chi connectivity index (χ3v) is 5.36. The van der Waals surface area contributed by atoms with Gasteiger partial charge in [0, 0.05) is 35.0 Å². The largest absolute Gasteiger partial charge is 0.370 e. The van der Waals surface area contributed by atoms with Crippen molar-refractivity contribution in [1.29, 1.82) is 0 Å². The number of nitrogens with zero attached hydrogens (tertiary/aromatic N) is 2. The maximum Gasteiger partial charge on any atom is 0.191 e. The molecule has 19 heavy (non-hydrogen) atoms. The van der Waals surface area contributed by atoms with Crippen LogP contribution < -0.4 is 5.73 Å². The Labute approximate surface area is 126 Å².